The lowest BCUT2D eigenvalue weighted by Crippen LogP contribution is -2.61. The molecule has 1 aliphatic rings. The first-order chi connectivity index (χ1) is 8.17. The maximum Gasteiger partial charge on any atom is 0.407 e. The number of amides is 1. The van der Waals surface area contributed by atoms with E-state index in [1.54, 1.807) is 27.7 Å². The second-order valence-electron chi connectivity index (χ2n) is 5.70. The molecule has 1 aliphatic heterocycles. The molecular weight excluding hydrogens is 238 g/mol. The number of hydrogen-bond acceptors (Lipinski definition) is 5. The van der Waals surface area contributed by atoms with E-state index < -0.39 is 17.7 Å². The number of nitrogens with one attached hydrogen (secondary N) is 1. The first-order valence-corrected chi connectivity index (χ1v) is 6.03. The highest BCUT2D eigenvalue weighted by atomic mass is 16.6. The van der Waals surface area contributed by atoms with Crippen molar-refractivity contribution in [1.29, 1.82) is 0 Å². The molecule has 0 bridgehead atoms. The summed E-state index contributed by atoms with van der Waals surface area (Å²) < 4.78 is 5.12. The second-order valence-corrected chi connectivity index (χ2v) is 5.70. The van der Waals surface area contributed by atoms with Crippen molar-refractivity contribution < 1.29 is 14.5 Å². The molecule has 0 saturated carbocycles. The molecule has 0 aromatic heterocycles. The molecule has 1 N–H and O–H groups in total. The number of hydrogen-bond donors (Lipinski definition) is 1. The van der Waals surface area contributed by atoms with Crippen LogP contribution < -0.4 is 5.32 Å². The van der Waals surface area contributed by atoms with Crippen LogP contribution in [-0.4, -0.2) is 53.2 Å². The van der Waals surface area contributed by atoms with Crippen LogP contribution >= 0.6 is 0 Å². The van der Waals surface area contributed by atoms with Gasteiger partial charge in [-0.2, -0.15) is 0 Å². The van der Waals surface area contributed by atoms with Crippen LogP contribution in [0.15, 0.2) is 0 Å². The summed E-state index contributed by atoms with van der Waals surface area (Å²) in [5.74, 6) is 0. The van der Waals surface area contributed by atoms with Crippen molar-refractivity contribution in [1.82, 2.24) is 10.2 Å². The number of ether oxygens (including phenoxy) is 1. The minimum Gasteiger partial charge on any atom is -0.444 e. The number of carbonyl (C=O) groups excluding carboxylic acids is 1. The van der Waals surface area contributed by atoms with Gasteiger partial charge in [0.05, 0.1) is 12.6 Å². The van der Waals surface area contributed by atoms with Crippen molar-refractivity contribution in [2.24, 2.45) is 0 Å². The van der Waals surface area contributed by atoms with Crippen LogP contribution in [-0.2, 0) is 4.74 Å². The van der Waals surface area contributed by atoms with Crippen LogP contribution in [0.1, 0.15) is 27.7 Å². The fourth-order valence-electron chi connectivity index (χ4n) is 1.72. The molecule has 1 amide bonds. The van der Waals surface area contributed by atoms with Crippen molar-refractivity contribution in [3.63, 3.8) is 0 Å². The van der Waals surface area contributed by atoms with Gasteiger partial charge in [-0.1, -0.05) is 0 Å². The first-order valence-electron chi connectivity index (χ1n) is 6.03. The lowest BCUT2D eigenvalue weighted by atomic mass is 10.1. The summed E-state index contributed by atoms with van der Waals surface area (Å²) in [6, 6.07) is -0.550. The maximum absolute atomic E-state index is 11.4. The Labute approximate surface area is 107 Å². The Kier molecular flexibility index (Phi) is 4.50. The molecule has 0 aromatic rings. The summed E-state index contributed by atoms with van der Waals surface area (Å²) in [4.78, 5) is 23.6. The molecule has 0 spiro atoms. The summed E-state index contributed by atoms with van der Waals surface area (Å²) in [5, 5.41) is 13.2. The number of nitro groups is 1. The first kappa shape index (κ1) is 14.7. The van der Waals surface area contributed by atoms with Crippen molar-refractivity contribution in [2.45, 2.75) is 45.4 Å². The highest BCUT2D eigenvalue weighted by molar-refractivity contribution is 5.68. The fourth-order valence-corrected chi connectivity index (χ4v) is 1.72. The molecule has 0 aromatic carbocycles. The van der Waals surface area contributed by atoms with E-state index in [2.05, 4.69) is 5.32 Å². The Morgan fingerprint density at radius 1 is 1.56 bits per heavy atom. The predicted molar refractivity (Wildman–Crippen MR) is 66.1 cm³/mol. The topological polar surface area (TPSA) is 84.7 Å². The average Bonchev–Trinajstić information content (AvgIpc) is 2.10. The summed E-state index contributed by atoms with van der Waals surface area (Å²) in [5.41, 5.74) is -0.506. The van der Waals surface area contributed by atoms with Gasteiger partial charge in [-0.05, 0) is 20.8 Å². The zero-order chi connectivity index (χ0) is 13.9. The fraction of sp³-hybridized carbons (Fsp3) is 0.909. The quantitative estimate of drug-likeness (QED) is 0.598. The van der Waals surface area contributed by atoms with Gasteiger partial charge >= 0.3 is 6.09 Å². The van der Waals surface area contributed by atoms with Gasteiger partial charge in [-0.3, -0.25) is 15.0 Å². The normalized spacial score (nSPS) is 18.9. The highest BCUT2D eigenvalue weighted by Gasteiger charge is 2.32. The molecule has 1 rings (SSSR count). The third-order valence-corrected chi connectivity index (χ3v) is 2.56. The largest absolute Gasteiger partial charge is 0.444 e. The second kappa shape index (κ2) is 5.51. The summed E-state index contributed by atoms with van der Waals surface area (Å²) >= 11 is 0. The van der Waals surface area contributed by atoms with E-state index >= 15 is 0 Å². The van der Waals surface area contributed by atoms with E-state index in [0.717, 1.165) is 0 Å². The Morgan fingerprint density at radius 2 is 2.11 bits per heavy atom. The highest BCUT2D eigenvalue weighted by Crippen LogP contribution is 2.11. The van der Waals surface area contributed by atoms with Crippen molar-refractivity contribution in [3.8, 4) is 0 Å². The van der Waals surface area contributed by atoms with Crippen LogP contribution in [0.25, 0.3) is 0 Å². The molecule has 1 fully saturated rings. The van der Waals surface area contributed by atoms with Gasteiger partial charge < -0.3 is 10.1 Å². The van der Waals surface area contributed by atoms with Crippen LogP contribution in [0.5, 0.6) is 0 Å². The van der Waals surface area contributed by atoms with Gasteiger partial charge in [0.2, 0.25) is 6.04 Å². The number of alkyl carbamates (subject to hydrolysis) is 1. The van der Waals surface area contributed by atoms with E-state index in [-0.39, 0.29) is 11.0 Å². The van der Waals surface area contributed by atoms with Crippen molar-refractivity contribution in [3.05, 3.63) is 10.1 Å². The zero-order valence-electron chi connectivity index (χ0n) is 11.3. The monoisotopic (exact) mass is 259 g/mol. The third kappa shape index (κ3) is 4.87. The molecule has 1 heterocycles. The molecule has 0 radical (unpaired) electrons. The van der Waals surface area contributed by atoms with Crippen LogP contribution in [0.2, 0.25) is 0 Å². The Hall–Kier alpha value is -1.37. The number of likely N-dealkylation sites (tertiary alicyclic amines) is 1. The number of nitrogens with zero attached hydrogens (tertiary/aromatic N) is 2. The van der Waals surface area contributed by atoms with Gasteiger partial charge in [-0.15, -0.1) is 0 Å². The minimum absolute atomic E-state index is 0.0267. The average molecular weight is 259 g/mol. The molecular formula is C11H21N3O4. The standard InChI is InChI=1S/C11H21N3O4/c1-8(14(16)17)5-13-6-9(7-13)12-10(15)18-11(2,3)4/h8-9H,5-7H2,1-4H3,(H,12,15). The number of rotatable bonds is 4. The van der Waals surface area contributed by atoms with E-state index in [0.29, 0.717) is 19.6 Å². The number of carbonyl (C=O) groups is 1. The lowest BCUT2D eigenvalue weighted by molar-refractivity contribution is -0.519. The van der Waals surface area contributed by atoms with E-state index in [1.807, 2.05) is 4.90 Å². The van der Waals surface area contributed by atoms with Crippen LogP contribution in [0.3, 0.4) is 0 Å². The molecule has 104 valence electrons. The smallest absolute Gasteiger partial charge is 0.407 e. The van der Waals surface area contributed by atoms with E-state index in [4.69, 9.17) is 4.74 Å². The maximum atomic E-state index is 11.4. The Balaban J connectivity index is 2.19. The van der Waals surface area contributed by atoms with Gasteiger partial charge in [-0.25, -0.2) is 4.79 Å². The molecule has 7 heteroatoms. The molecule has 1 atom stereocenters. The Morgan fingerprint density at radius 3 is 2.56 bits per heavy atom. The zero-order valence-corrected chi connectivity index (χ0v) is 11.3. The molecule has 18 heavy (non-hydrogen) atoms. The molecule has 1 saturated heterocycles. The van der Waals surface area contributed by atoms with E-state index in [1.165, 1.54) is 0 Å². The summed E-state index contributed by atoms with van der Waals surface area (Å²) in [7, 11) is 0. The third-order valence-electron chi connectivity index (χ3n) is 2.56. The van der Waals surface area contributed by atoms with Crippen LogP contribution in [0.4, 0.5) is 4.79 Å². The van der Waals surface area contributed by atoms with E-state index in [9.17, 15) is 14.9 Å². The SMILES string of the molecule is CC(CN1CC(NC(=O)OC(C)(C)C)C1)[N+](=O)[O-]. The van der Waals surface area contributed by atoms with Gasteiger partial charge in [0.15, 0.2) is 0 Å². The predicted octanol–water partition coefficient (Wildman–Crippen LogP) is 0.861. The molecule has 0 aliphatic carbocycles. The van der Waals surface area contributed by atoms with Crippen LogP contribution in [0, 0.1) is 10.1 Å². The summed E-state index contributed by atoms with van der Waals surface area (Å²) in [6.45, 7) is 8.68. The van der Waals surface area contributed by atoms with Crippen molar-refractivity contribution in [2.75, 3.05) is 19.6 Å². The lowest BCUT2D eigenvalue weighted by Gasteiger charge is -2.39. The van der Waals surface area contributed by atoms with Gasteiger partial charge in [0.25, 0.3) is 0 Å². The molecule has 1 unspecified atom stereocenters. The van der Waals surface area contributed by atoms with Crippen molar-refractivity contribution >= 4 is 6.09 Å². The van der Waals surface area contributed by atoms with Gasteiger partial charge in [0.1, 0.15) is 5.60 Å². The van der Waals surface area contributed by atoms with Gasteiger partial charge in [0, 0.05) is 24.9 Å². The minimum atomic E-state index is -0.576. The Bertz CT molecular complexity index is 321. The molecule has 7 nitrogen and oxygen atoms in total. The summed E-state index contributed by atoms with van der Waals surface area (Å²) in [6.07, 6.45) is -0.436.